The monoisotopic (exact) mass is 691 g/mol. The molecule has 0 aliphatic carbocycles. The van der Waals surface area contributed by atoms with Gasteiger partial charge >= 0.3 is 0 Å². The van der Waals surface area contributed by atoms with Crippen LogP contribution in [0.1, 0.15) is 303 Å². The first-order chi connectivity index (χ1) is 24.3. The Bertz CT molecular complexity index is 543. The maximum atomic E-state index is 10.4. The summed E-state index contributed by atoms with van der Waals surface area (Å²) in [5.41, 5.74) is 0. The van der Waals surface area contributed by atoms with Gasteiger partial charge in [-0.1, -0.05) is 290 Å². The predicted molar refractivity (Wildman–Crippen MR) is 225 cm³/mol. The Morgan fingerprint density at radius 1 is 0.204 bits per heavy atom. The lowest BCUT2D eigenvalue weighted by atomic mass is 10.0. The summed E-state index contributed by atoms with van der Waals surface area (Å²) in [7, 11) is 0. The van der Waals surface area contributed by atoms with Crippen molar-refractivity contribution < 1.29 is 5.11 Å². The van der Waals surface area contributed by atoms with Crippen molar-refractivity contribution in [1.82, 2.24) is 0 Å². The minimum atomic E-state index is -0.0366. The minimum Gasteiger partial charge on any atom is -0.393 e. The zero-order valence-electron chi connectivity index (χ0n) is 34.8. The standard InChI is InChI=1S/C48H98O/c1-3-5-7-9-11-13-15-17-19-21-23-25-27-29-31-33-35-37-39-41-43-45-47-48(49)46-44-42-40-38-36-34-32-30-28-26-24-22-20-18-16-14-12-10-8-6-4-2/h48-49H,3-47H2,1-2H3. The summed E-state index contributed by atoms with van der Waals surface area (Å²) < 4.78 is 0. The average molecular weight is 691 g/mol. The molecule has 1 N–H and O–H groups in total. The summed E-state index contributed by atoms with van der Waals surface area (Å²) in [6, 6.07) is 0. The van der Waals surface area contributed by atoms with E-state index in [2.05, 4.69) is 13.8 Å². The van der Waals surface area contributed by atoms with Gasteiger partial charge in [0.25, 0.3) is 0 Å². The average Bonchev–Trinajstić information content (AvgIpc) is 3.11. The van der Waals surface area contributed by atoms with Gasteiger partial charge in [-0.3, -0.25) is 0 Å². The molecular weight excluding hydrogens is 593 g/mol. The van der Waals surface area contributed by atoms with Gasteiger partial charge in [0.2, 0.25) is 0 Å². The lowest BCUT2D eigenvalue weighted by Crippen LogP contribution is -2.05. The number of unbranched alkanes of at least 4 members (excludes halogenated alkanes) is 41. The Morgan fingerprint density at radius 2 is 0.327 bits per heavy atom. The third-order valence-electron chi connectivity index (χ3n) is 11.5. The Kier molecular flexibility index (Phi) is 45.9. The lowest BCUT2D eigenvalue weighted by molar-refractivity contribution is 0.147. The van der Waals surface area contributed by atoms with Crippen LogP contribution in [0.25, 0.3) is 0 Å². The van der Waals surface area contributed by atoms with Crippen molar-refractivity contribution in [3.05, 3.63) is 0 Å². The summed E-state index contributed by atoms with van der Waals surface area (Å²) in [5.74, 6) is 0. The van der Waals surface area contributed by atoms with Crippen LogP contribution in [0.5, 0.6) is 0 Å². The highest BCUT2D eigenvalue weighted by molar-refractivity contribution is 4.58. The molecule has 0 aromatic rings. The maximum absolute atomic E-state index is 10.4. The largest absolute Gasteiger partial charge is 0.393 e. The van der Waals surface area contributed by atoms with E-state index in [9.17, 15) is 5.11 Å². The normalized spacial score (nSPS) is 12.3. The van der Waals surface area contributed by atoms with E-state index in [0.29, 0.717) is 0 Å². The summed E-state index contributed by atoms with van der Waals surface area (Å²) >= 11 is 0. The van der Waals surface area contributed by atoms with Crippen molar-refractivity contribution in [2.75, 3.05) is 0 Å². The maximum Gasteiger partial charge on any atom is 0.0540 e. The van der Waals surface area contributed by atoms with Crippen molar-refractivity contribution in [1.29, 1.82) is 0 Å². The van der Waals surface area contributed by atoms with E-state index < -0.39 is 0 Å². The second-order valence-corrected chi connectivity index (χ2v) is 16.7. The molecule has 0 saturated carbocycles. The van der Waals surface area contributed by atoms with Crippen molar-refractivity contribution in [2.24, 2.45) is 0 Å². The Labute approximate surface area is 313 Å². The lowest BCUT2D eigenvalue weighted by Gasteiger charge is -2.10. The molecule has 1 nitrogen and oxygen atoms in total. The molecule has 0 aliphatic heterocycles. The molecule has 1 heteroatoms. The van der Waals surface area contributed by atoms with E-state index >= 15 is 0 Å². The van der Waals surface area contributed by atoms with Crippen molar-refractivity contribution in [2.45, 2.75) is 309 Å². The van der Waals surface area contributed by atoms with Crippen LogP contribution in [0, 0.1) is 0 Å². The third kappa shape index (κ3) is 45.9. The minimum absolute atomic E-state index is 0.0366. The van der Waals surface area contributed by atoms with Gasteiger partial charge in [0, 0.05) is 0 Å². The zero-order valence-corrected chi connectivity index (χ0v) is 34.8. The summed E-state index contributed by atoms with van der Waals surface area (Å²) in [4.78, 5) is 0. The first-order valence-corrected chi connectivity index (χ1v) is 24.0. The van der Waals surface area contributed by atoms with E-state index in [1.807, 2.05) is 0 Å². The van der Waals surface area contributed by atoms with Gasteiger partial charge in [-0.15, -0.1) is 0 Å². The molecule has 0 aliphatic rings. The third-order valence-corrected chi connectivity index (χ3v) is 11.5. The Morgan fingerprint density at radius 3 is 0.469 bits per heavy atom. The quantitative estimate of drug-likeness (QED) is 0.0631. The molecule has 0 rings (SSSR count). The van der Waals surface area contributed by atoms with Crippen LogP contribution in [0.2, 0.25) is 0 Å². The number of hydrogen-bond donors (Lipinski definition) is 1. The second-order valence-electron chi connectivity index (χ2n) is 16.7. The predicted octanol–water partition coefficient (Wildman–Crippen LogP) is 17.9. The molecule has 0 radical (unpaired) electrons. The van der Waals surface area contributed by atoms with Gasteiger partial charge in [-0.05, 0) is 12.8 Å². The van der Waals surface area contributed by atoms with E-state index in [1.165, 1.54) is 276 Å². The number of hydrogen-bond acceptors (Lipinski definition) is 1. The van der Waals surface area contributed by atoms with Crippen molar-refractivity contribution in [3.63, 3.8) is 0 Å². The smallest absolute Gasteiger partial charge is 0.0540 e. The van der Waals surface area contributed by atoms with E-state index in [1.54, 1.807) is 0 Å². The molecule has 49 heavy (non-hydrogen) atoms. The number of rotatable bonds is 45. The van der Waals surface area contributed by atoms with Crippen molar-refractivity contribution in [3.8, 4) is 0 Å². The molecule has 1 unspecified atom stereocenters. The number of aliphatic hydroxyl groups excluding tert-OH is 1. The molecule has 0 fully saturated rings. The molecule has 0 spiro atoms. The van der Waals surface area contributed by atoms with Crippen LogP contribution in [0.15, 0.2) is 0 Å². The highest BCUT2D eigenvalue weighted by atomic mass is 16.3. The highest BCUT2D eigenvalue weighted by Gasteiger charge is 2.04. The molecular formula is C48H98O. The molecule has 0 aromatic carbocycles. The van der Waals surface area contributed by atoms with Crippen LogP contribution in [-0.2, 0) is 0 Å². The number of aliphatic hydroxyl groups is 1. The van der Waals surface area contributed by atoms with E-state index in [4.69, 9.17) is 0 Å². The van der Waals surface area contributed by atoms with Gasteiger partial charge < -0.3 is 5.11 Å². The Hall–Kier alpha value is -0.0400. The second kappa shape index (κ2) is 46.0. The first-order valence-electron chi connectivity index (χ1n) is 24.0. The van der Waals surface area contributed by atoms with Crippen LogP contribution in [0.4, 0.5) is 0 Å². The Balaban J connectivity index is 3.14. The zero-order chi connectivity index (χ0) is 35.4. The molecule has 0 saturated heterocycles. The van der Waals surface area contributed by atoms with Crippen molar-refractivity contribution >= 4 is 0 Å². The van der Waals surface area contributed by atoms with Gasteiger partial charge in [-0.2, -0.15) is 0 Å². The van der Waals surface area contributed by atoms with Gasteiger partial charge in [0.05, 0.1) is 6.10 Å². The SMILES string of the molecule is CCCCCCCCCCCCCCCCCCCCCCCCC(O)CCCCCCCCCCCCCCCCCCCCCCC. The fourth-order valence-electron chi connectivity index (χ4n) is 7.94. The first kappa shape index (κ1) is 49.0. The summed E-state index contributed by atoms with van der Waals surface area (Å²) in [6.45, 7) is 4.61. The van der Waals surface area contributed by atoms with Crippen LogP contribution >= 0.6 is 0 Å². The fourth-order valence-corrected chi connectivity index (χ4v) is 7.94. The van der Waals surface area contributed by atoms with Crippen LogP contribution in [0.3, 0.4) is 0 Å². The van der Waals surface area contributed by atoms with Gasteiger partial charge in [0.1, 0.15) is 0 Å². The fraction of sp³-hybridized carbons (Fsp3) is 1.00. The van der Waals surface area contributed by atoms with E-state index in [-0.39, 0.29) is 6.10 Å². The molecule has 0 amide bonds. The summed E-state index contributed by atoms with van der Waals surface area (Å²) in [6.07, 6.45) is 63.8. The molecule has 0 heterocycles. The van der Waals surface area contributed by atoms with Crippen LogP contribution in [-0.4, -0.2) is 11.2 Å². The summed E-state index contributed by atoms with van der Waals surface area (Å²) in [5, 5.41) is 10.4. The molecule has 0 bridgehead atoms. The molecule has 1 atom stereocenters. The molecule has 296 valence electrons. The molecule has 0 aromatic heterocycles. The van der Waals surface area contributed by atoms with Crippen LogP contribution < -0.4 is 0 Å². The topological polar surface area (TPSA) is 20.2 Å². The highest BCUT2D eigenvalue weighted by Crippen LogP contribution is 2.18. The van der Waals surface area contributed by atoms with Gasteiger partial charge in [-0.25, -0.2) is 0 Å². The van der Waals surface area contributed by atoms with Gasteiger partial charge in [0.15, 0.2) is 0 Å². The van der Waals surface area contributed by atoms with E-state index in [0.717, 1.165) is 12.8 Å².